The average molecular weight is 193 g/mol. The van der Waals surface area contributed by atoms with Crippen LogP contribution < -0.4 is 10.6 Å². The van der Waals surface area contributed by atoms with Crippen molar-refractivity contribution in [2.24, 2.45) is 0 Å². The standard InChI is InChI=1S/C10H12FN3/c1-13-4-5-14-10-3-2-9(11)6-8(10)7-12/h2-3,6,13-14H,4-5H2,1H3. The molecule has 1 aromatic carbocycles. The Balaban J connectivity index is 2.72. The molecule has 0 unspecified atom stereocenters. The van der Waals surface area contributed by atoms with Crippen LogP contribution in [-0.4, -0.2) is 20.1 Å². The number of anilines is 1. The van der Waals surface area contributed by atoms with Gasteiger partial charge in [-0.05, 0) is 25.2 Å². The first kappa shape index (κ1) is 10.5. The summed E-state index contributed by atoms with van der Waals surface area (Å²) in [5.41, 5.74) is 1.00. The summed E-state index contributed by atoms with van der Waals surface area (Å²) in [6.45, 7) is 1.50. The van der Waals surface area contributed by atoms with Crippen LogP contribution in [0, 0.1) is 17.1 Å². The lowest BCUT2D eigenvalue weighted by molar-refractivity contribution is 0.627. The average Bonchev–Trinajstić information content (AvgIpc) is 2.20. The monoisotopic (exact) mass is 193 g/mol. The van der Waals surface area contributed by atoms with Gasteiger partial charge < -0.3 is 10.6 Å². The predicted molar refractivity (Wildman–Crippen MR) is 53.5 cm³/mol. The Morgan fingerprint density at radius 3 is 2.86 bits per heavy atom. The predicted octanol–water partition coefficient (Wildman–Crippen LogP) is 1.33. The molecule has 0 bridgehead atoms. The number of nitriles is 1. The maximum absolute atomic E-state index is 12.7. The Bertz CT molecular complexity index is 344. The lowest BCUT2D eigenvalue weighted by Crippen LogP contribution is -2.18. The van der Waals surface area contributed by atoms with Gasteiger partial charge in [0.2, 0.25) is 0 Å². The van der Waals surface area contributed by atoms with Gasteiger partial charge in [0.25, 0.3) is 0 Å². The molecule has 0 aromatic heterocycles. The van der Waals surface area contributed by atoms with Gasteiger partial charge >= 0.3 is 0 Å². The minimum atomic E-state index is -0.388. The van der Waals surface area contributed by atoms with Crippen molar-refractivity contribution >= 4 is 5.69 Å². The molecular weight excluding hydrogens is 181 g/mol. The summed E-state index contributed by atoms with van der Waals surface area (Å²) in [5, 5.41) is 14.7. The van der Waals surface area contributed by atoms with Crippen LogP contribution in [0.5, 0.6) is 0 Å². The fraction of sp³-hybridized carbons (Fsp3) is 0.300. The Morgan fingerprint density at radius 1 is 1.43 bits per heavy atom. The van der Waals surface area contributed by atoms with Gasteiger partial charge in [0.1, 0.15) is 11.9 Å². The van der Waals surface area contributed by atoms with E-state index < -0.39 is 0 Å². The molecule has 0 heterocycles. The van der Waals surface area contributed by atoms with Crippen molar-refractivity contribution < 1.29 is 4.39 Å². The Labute approximate surface area is 82.5 Å². The molecule has 2 N–H and O–H groups in total. The highest BCUT2D eigenvalue weighted by Crippen LogP contribution is 2.15. The summed E-state index contributed by atoms with van der Waals surface area (Å²) in [7, 11) is 1.84. The fourth-order valence-corrected chi connectivity index (χ4v) is 1.09. The van der Waals surface area contributed by atoms with Crippen LogP contribution in [0.15, 0.2) is 18.2 Å². The first-order valence-electron chi connectivity index (χ1n) is 4.36. The van der Waals surface area contributed by atoms with Gasteiger partial charge in [-0.1, -0.05) is 0 Å². The van der Waals surface area contributed by atoms with Crippen molar-refractivity contribution in [1.82, 2.24) is 5.32 Å². The number of rotatable bonds is 4. The quantitative estimate of drug-likeness (QED) is 0.709. The molecule has 0 radical (unpaired) electrons. The molecule has 0 amide bonds. The number of likely N-dealkylation sites (N-methyl/N-ethyl adjacent to an activating group) is 1. The van der Waals surface area contributed by atoms with Crippen molar-refractivity contribution in [3.63, 3.8) is 0 Å². The van der Waals surface area contributed by atoms with Crippen LogP contribution in [0.25, 0.3) is 0 Å². The van der Waals surface area contributed by atoms with Crippen LogP contribution in [0.1, 0.15) is 5.56 Å². The van der Waals surface area contributed by atoms with Gasteiger partial charge in [-0.15, -0.1) is 0 Å². The van der Waals surface area contributed by atoms with E-state index in [4.69, 9.17) is 5.26 Å². The zero-order chi connectivity index (χ0) is 10.4. The molecule has 0 spiro atoms. The zero-order valence-corrected chi connectivity index (χ0v) is 7.97. The highest BCUT2D eigenvalue weighted by Gasteiger charge is 2.01. The van der Waals surface area contributed by atoms with Crippen LogP contribution >= 0.6 is 0 Å². The molecule has 0 fully saturated rings. The first-order chi connectivity index (χ1) is 6.77. The molecule has 74 valence electrons. The number of halogens is 1. The zero-order valence-electron chi connectivity index (χ0n) is 7.97. The second kappa shape index (κ2) is 5.20. The number of hydrogen-bond acceptors (Lipinski definition) is 3. The summed E-state index contributed by atoms with van der Waals surface area (Å²) in [4.78, 5) is 0. The van der Waals surface area contributed by atoms with Crippen molar-refractivity contribution in [3.05, 3.63) is 29.6 Å². The van der Waals surface area contributed by atoms with Crippen molar-refractivity contribution in [2.45, 2.75) is 0 Å². The maximum Gasteiger partial charge on any atom is 0.124 e. The Kier molecular flexibility index (Phi) is 3.89. The number of nitrogens with one attached hydrogen (secondary N) is 2. The van der Waals surface area contributed by atoms with E-state index >= 15 is 0 Å². The fourth-order valence-electron chi connectivity index (χ4n) is 1.09. The van der Waals surface area contributed by atoms with Crippen molar-refractivity contribution in [1.29, 1.82) is 5.26 Å². The molecular formula is C10H12FN3. The molecule has 4 heteroatoms. The molecule has 1 rings (SSSR count). The summed E-state index contributed by atoms with van der Waals surface area (Å²) in [6.07, 6.45) is 0. The lowest BCUT2D eigenvalue weighted by Gasteiger charge is -2.07. The van der Waals surface area contributed by atoms with Crippen LogP contribution in [-0.2, 0) is 0 Å². The second-order valence-corrected chi connectivity index (χ2v) is 2.83. The Morgan fingerprint density at radius 2 is 2.21 bits per heavy atom. The number of benzene rings is 1. The minimum Gasteiger partial charge on any atom is -0.383 e. The van der Waals surface area contributed by atoms with E-state index in [-0.39, 0.29) is 5.82 Å². The van der Waals surface area contributed by atoms with E-state index in [1.165, 1.54) is 12.1 Å². The molecule has 0 atom stereocenters. The third-order valence-electron chi connectivity index (χ3n) is 1.79. The molecule has 0 saturated carbocycles. The normalized spacial score (nSPS) is 9.50. The molecule has 3 nitrogen and oxygen atoms in total. The van der Waals surface area contributed by atoms with Gasteiger partial charge in [0, 0.05) is 13.1 Å². The second-order valence-electron chi connectivity index (χ2n) is 2.83. The highest BCUT2D eigenvalue weighted by molar-refractivity contribution is 5.57. The van der Waals surface area contributed by atoms with Gasteiger partial charge in [0.15, 0.2) is 0 Å². The first-order valence-corrected chi connectivity index (χ1v) is 4.36. The van der Waals surface area contributed by atoms with Crippen LogP contribution in [0.4, 0.5) is 10.1 Å². The smallest absolute Gasteiger partial charge is 0.124 e. The summed E-state index contributed by atoms with van der Waals surface area (Å²) < 4.78 is 12.7. The van der Waals surface area contributed by atoms with Gasteiger partial charge in [-0.25, -0.2) is 4.39 Å². The summed E-state index contributed by atoms with van der Waals surface area (Å²) >= 11 is 0. The van der Waals surface area contributed by atoms with E-state index in [0.717, 1.165) is 6.54 Å². The van der Waals surface area contributed by atoms with E-state index in [0.29, 0.717) is 17.8 Å². The molecule has 0 aliphatic rings. The Hall–Kier alpha value is -1.60. The lowest BCUT2D eigenvalue weighted by atomic mass is 10.2. The largest absolute Gasteiger partial charge is 0.383 e. The molecule has 0 aliphatic carbocycles. The van der Waals surface area contributed by atoms with Gasteiger partial charge in [-0.2, -0.15) is 5.26 Å². The molecule has 1 aromatic rings. The number of nitrogens with zero attached hydrogens (tertiary/aromatic N) is 1. The van der Waals surface area contributed by atoms with E-state index in [9.17, 15) is 4.39 Å². The van der Waals surface area contributed by atoms with Crippen LogP contribution in [0.3, 0.4) is 0 Å². The summed E-state index contributed by atoms with van der Waals surface area (Å²) in [6, 6.07) is 6.07. The van der Waals surface area contributed by atoms with E-state index in [1.54, 1.807) is 6.07 Å². The van der Waals surface area contributed by atoms with E-state index in [1.807, 2.05) is 13.1 Å². The minimum absolute atomic E-state index is 0.334. The highest BCUT2D eigenvalue weighted by atomic mass is 19.1. The summed E-state index contributed by atoms with van der Waals surface area (Å²) in [5.74, 6) is -0.388. The van der Waals surface area contributed by atoms with Gasteiger partial charge in [-0.3, -0.25) is 0 Å². The van der Waals surface area contributed by atoms with Gasteiger partial charge in [0.05, 0.1) is 11.3 Å². The number of hydrogen-bond donors (Lipinski definition) is 2. The molecule has 0 saturated heterocycles. The van der Waals surface area contributed by atoms with Crippen molar-refractivity contribution in [2.75, 3.05) is 25.5 Å². The van der Waals surface area contributed by atoms with E-state index in [2.05, 4.69) is 10.6 Å². The molecule has 0 aliphatic heterocycles. The third kappa shape index (κ3) is 2.71. The van der Waals surface area contributed by atoms with Crippen molar-refractivity contribution in [3.8, 4) is 6.07 Å². The SMILES string of the molecule is CNCCNc1ccc(F)cc1C#N. The topological polar surface area (TPSA) is 47.8 Å². The maximum atomic E-state index is 12.7. The van der Waals surface area contributed by atoms with Crippen LogP contribution in [0.2, 0.25) is 0 Å². The molecule has 14 heavy (non-hydrogen) atoms. The third-order valence-corrected chi connectivity index (χ3v) is 1.79.